The topological polar surface area (TPSA) is 50.9 Å². The summed E-state index contributed by atoms with van der Waals surface area (Å²) in [5.74, 6) is -4.04. The van der Waals surface area contributed by atoms with Crippen molar-refractivity contribution in [3.63, 3.8) is 0 Å². The molecule has 0 aromatic carbocycles. The monoisotopic (exact) mass is 237 g/mol. The Hall–Kier alpha value is -1.37. The largest absolute Gasteiger partial charge is 0.397 e. The second-order valence-electron chi connectivity index (χ2n) is 3.20. The molecule has 3 nitrogen and oxygen atoms in total. The highest BCUT2D eigenvalue weighted by Gasteiger charge is 2.39. The molecular weight excluding hydrogens is 226 g/mol. The van der Waals surface area contributed by atoms with Crippen molar-refractivity contribution in [3.05, 3.63) is 24.0 Å². The number of anilines is 1. The number of hydrogen-bond acceptors (Lipinski definition) is 3. The SMILES string of the molecule is Nc1cccnc1CNCC(F)(F)C(F)F. The van der Waals surface area contributed by atoms with Crippen LogP contribution in [0.25, 0.3) is 0 Å². The van der Waals surface area contributed by atoms with Crippen molar-refractivity contribution in [2.24, 2.45) is 0 Å². The molecule has 0 atom stereocenters. The molecule has 0 fully saturated rings. The van der Waals surface area contributed by atoms with Gasteiger partial charge in [-0.2, -0.15) is 8.78 Å². The van der Waals surface area contributed by atoms with Crippen molar-refractivity contribution < 1.29 is 17.6 Å². The molecule has 0 aliphatic rings. The van der Waals surface area contributed by atoms with Crippen LogP contribution in [0.2, 0.25) is 0 Å². The number of nitrogens with two attached hydrogens (primary N) is 1. The van der Waals surface area contributed by atoms with E-state index >= 15 is 0 Å². The summed E-state index contributed by atoms with van der Waals surface area (Å²) in [4.78, 5) is 3.82. The Balaban J connectivity index is 2.45. The van der Waals surface area contributed by atoms with E-state index in [1.807, 2.05) is 0 Å². The summed E-state index contributed by atoms with van der Waals surface area (Å²) in [5.41, 5.74) is 6.18. The first-order valence-corrected chi connectivity index (χ1v) is 4.49. The highest BCUT2D eigenvalue weighted by Crippen LogP contribution is 2.21. The van der Waals surface area contributed by atoms with Crippen LogP contribution in [0, 0.1) is 0 Å². The van der Waals surface area contributed by atoms with E-state index in [2.05, 4.69) is 10.3 Å². The number of rotatable bonds is 5. The van der Waals surface area contributed by atoms with Gasteiger partial charge in [-0.15, -0.1) is 0 Å². The average Bonchev–Trinajstić information content (AvgIpc) is 2.20. The summed E-state index contributed by atoms with van der Waals surface area (Å²) in [6.45, 7) is -1.18. The molecule has 90 valence electrons. The van der Waals surface area contributed by atoms with E-state index in [0.717, 1.165) is 0 Å². The van der Waals surface area contributed by atoms with Crippen molar-refractivity contribution >= 4 is 5.69 Å². The van der Waals surface area contributed by atoms with Crippen LogP contribution in [0.5, 0.6) is 0 Å². The molecule has 16 heavy (non-hydrogen) atoms. The van der Waals surface area contributed by atoms with Crippen LogP contribution >= 0.6 is 0 Å². The highest BCUT2D eigenvalue weighted by atomic mass is 19.3. The first kappa shape index (κ1) is 12.7. The maximum absolute atomic E-state index is 12.5. The Morgan fingerprint density at radius 3 is 2.69 bits per heavy atom. The number of nitrogens with zero attached hydrogens (tertiary/aromatic N) is 1. The summed E-state index contributed by atoms with van der Waals surface area (Å²) in [5, 5.41) is 2.19. The third-order valence-electron chi connectivity index (χ3n) is 1.90. The number of pyridine rings is 1. The summed E-state index contributed by atoms with van der Waals surface area (Å²) in [6.07, 6.45) is -2.24. The van der Waals surface area contributed by atoms with Gasteiger partial charge in [-0.05, 0) is 12.1 Å². The van der Waals surface area contributed by atoms with Gasteiger partial charge in [-0.25, -0.2) is 8.78 Å². The average molecular weight is 237 g/mol. The minimum Gasteiger partial charge on any atom is -0.397 e. The molecule has 0 saturated carbocycles. The quantitative estimate of drug-likeness (QED) is 0.765. The standard InChI is InChI=1S/C9H11F4N3/c10-8(11)9(12,13)5-15-4-7-6(14)2-1-3-16-7/h1-3,8,15H,4-5,14H2. The first-order valence-electron chi connectivity index (χ1n) is 4.49. The Bertz CT molecular complexity index is 343. The van der Waals surface area contributed by atoms with Gasteiger partial charge >= 0.3 is 12.3 Å². The van der Waals surface area contributed by atoms with Crippen molar-refractivity contribution in [3.8, 4) is 0 Å². The Morgan fingerprint density at radius 1 is 1.44 bits per heavy atom. The summed E-state index contributed by atoms with van der Waals surface area (Å²) < 4.78 is 48.5. The molecule has 1 heterocycles. The van der Waals surface area contributed by atoms with Crippen LogP contribution in [0.1, 0.15) is 5.69 Å². The van der Waals surface area contributed by atoms with E-state index in [1.165, 1.54) is 6.20 Å². The minimum atomic E-state index is -4.04. The van der Waals surface area contributed by atoms with Gasteiger partial charge in [0.25, 0.3) is 0 Å². The maximum atomic E-state index is 12.5. The van der Waals surface area contributed by atoms with Crippen molar-refractivity contribution in [1.29, 1.82) is 0 Å². The molecule has 0 aliphatic carbocycles. The van der Waals surface area contributed by atoms with E-state index in [-0.39, 0.29) is 6.54 Å². The molecule has 0 amide bonds. The summed E-state index contributed by atoms with van der Waals surface area (Å²) in [7, 11) is 0. The molecule has 0 unspecified atom stereocenters. The van der Waals surface area contributed by atoms with Gasteiger partial charge in [0.1, 0.15) is 0 Å². The predicted octanol–water partition coefficient (Wildman–Crippen LogP) is 1.65. The number of nitrogens with one attached hydrogen (secondary N) is 1. The van der Waals surface area contributed by atoms with E-state index in [0.29, 0.717) is 11.4 Å². The molecule has 0 bridgehead atoms. The van der Waals surface area contributed by atoms with Crippen molar-refractivity contribution in [1.82, 2.24) is 10.3 Å². The lowest BCUT2D eigenvalue weighted by Crippen LogP contribution is -2.38. The third kappa shape index (κ3) is 3.34. The number of nitrogen functional groups attached to an aromatic ring is 1. The van der Waals surface area contributed by atoms with Crippen LogP contribution in [0.15, 0.2) is 18.3 Å². The molecule has 3 N–H and O–H groups in total. The Morgan fingerprint density at radius 2 is 2.12 bits per heavy atom. The minimum absolute atomic E-state index is 0.0744. The number of alkyl halides is 4. The lowest BCUT2D eigenvalue weighted by molar-refractivity contribution is -0.125. The molecule has 0 spiro atoms. The maximum Gasteiger partial charge on any atom is 0.319 e. The molecule has 1 aromatic heterocycles. The van der Waals surface area contributed by atoms with Crippen LogP contribution in [-0.4, -0.2) is 23.9 Å². The second kappa shape index (κ2) is 5.11. The molecular formula is C9H11F4N3. The summed E-state index contributed by atoms with van der Waals surface area (Å²) >= 11 is 0. The summed E-state index contributed by atoms with van der Waals surface area (Å²) in [6, 6.07) is 3.14. The lowest BCUT2D eigenvalue weighted by atomic mass is 10.3. The molecule has 0 aliphatic heterocycles. The third-order valence-corrected chi connectivity index (χ3v) is 1.90. The van der Waals surface area contributed by atoms with E-state index in [1.54, 1.807) is 12.1 Å². The molecule has 0 radical (unpaired) electrons. The zero-order valence-corrected chi connectivity index (χ0v) is 8.26. The van der Waals surface area contributed by atoms with E-state index in [4.69, 9.17) is 5.73 Å². The molecule has 0 saturated heterocycles. The van der Waals surface area contributed by atoms with E-state index < -0.39 is 18.9 Å². The smallest absolute Gasteiger partial charge is 0.319 e. The normalized spacial score (nSPS) is 12.1. The van der Waals surface area contributed by atoms with Gasteiger partial charge in [-0.3, -0.25) is 4.98 Å². The first-order chi connectivity index (χ1) is 7.43. The van der Waals surface area contributed by atoms with Crippen LogP contribution in [-0.2, 0) is 6.54 Å². The predicted molar refractivity (Wildman–Crippen MR) is 51.3 cm³/mol. The van der Waals surface area contributed by atoms with Crippen LogP contribution in [0.4, 0.5) is 23.2 Å². The van der Waals surface area contributed by atoms with E-state index in [9.17, 15) is 17.6 Å². The van der Waals surface area contributed by atoms with Gasteiger partial charge in [0.05, 0.1) is 17.9 Å². The number of hydrogen-bond donors (Lipinski definition) is 2. The Kier molecular flexibility index (Phi) is 4.05. The lowest BCUT2D eigenvalue weighted by Gasteiger charge is -2.15. The molecule has 7 heteroatoms. The van der Waals surface area contributed by atoms with Crippen molar-refractivity contribution in [2.75, 3.05) is 12.3 Å². The highest BCUT2D eigenvalue weighted by molar-refractivity contribution is 5.41. The van der Waals surface area contributed by atoms with Gasteiger partial charge in [0.15, 0.2) is 0 Å². The van der Waals surface area contributed by atoms with Gasteiger partial charge in [-0.1, -0.05) is 0 Å². The zero-order valence-electron chi connectivity index (χ0n) is 8.26. The van der Waals surface area contributed by atoms with Crippen molar-refractivity contribution in [2.45, 2.75) is 18.9 Å². The zero-order chi connectivity index (χ0) is 12.2. The second-order valence-corrected chi connectivity index (χ2v) is 3.20. The van der Waals surface area contributed by atoms with Gasteiger partial charge < -0.3 is 11.1 Å². The van der Waals surface area contributed by atoms with Crippen LogP contribution in [0.3, 0.4) is 0 Å². The number of halogens is 4. The van der Waals surface area contributed by atoms with Gasteiger partial charge in [0.2, 0.25) is 0 Å². The van der Waals surface area contributed by atoms with Crippen LogP contribution < -0.4 is 11.1 Å². The number of aromatic nitrogens is 1. The fourth-order valence-electron chi connectivity index (χ4n) is 1.02. The fourth-order valence-corrected chi connectivity index (χ4v) is 1.02. The Labute approximate surface area is 89.7 Å². The molecule has 1 aromatic rings. The molecule has 1 rings (SSSR count). The van der Waals surface area contributed by atoms with Gasteiger partial charge in [0, 0.05) is 12.7 Å². The fraction of sp³-hybridized carbons (Fsp3) is 0.444.